The predicted molar refractivity (Wildman–Crippen MR) is 94.6 cm³/mol. The zero-order valence-corrected chi connectivity index (χ0v) is 15.3. The van der Waals surface area contributed by atoms with E-state index in [9.17, 15) is 0 Å². The lowest BCUT2D eigenvalue weighted by atomic mass is 9.95. The highest BCUT2D eigenvalue weighted by Gasteiger charge is 2.25. The molecule has 4 nitrogen and oxygen atoms in total. The second-order valence-corrected chi connectivity index (χ2v) is 8.56. The van der Waals surface area contributed by atoms with Crippen LogP contribution in [0.2, 0.25) is 0 Å². The Bertz CT molecular complexity index is 487. The number of thioether (sulfide) groups is 1. The SMILES string of the molecule is CCSC1CCC(Nc2cc(COC)nc(C(C)(C)C)n2)C1. The first-order valence-corrected chi connectivity index (χ1v) is 9.22. The molecule has 0 radical (unpaired) electrons. The second kappa shape index (κ2) is 7.64. The summed E-state index contributed by atoms with van der Waals surface area (Å²) in [6, 6.07) is 2.56. The molecule has 1 aliphatic rings. The first-order chi connectivity index (χ1) is 10.4. The normalized spacial score (nSPS) is 22.0. The number of rotatable bonds is 6. The van der Waals surface area contributed by atoms with Gasteiger partial charge in [0.2, 0.25) is 0 Å². The van der Waals surface area contributed by atoms with Gasteiger partial charge in [0.15, 0.2) is 0 Å². The highest BCUT2D eigenvalue weighted by atomic mass is 32.2. The van der Waals surface area contributed by atoms with E-state index in [1.807, 2.05) is 6.07 Å². The Morgan fingerprint density at radius 2 is 2.09 bits per heavy atom. The van der Waals surface area contributed by atoms with Crippen LogP contribution in [0.25, 0.3) is 0 Å². The van der Waals surface area contributed by atoms with Crippen molar-refractivity contribution in [1.29, 1.82) is 0 Å². The van der Waals surface area contributed by atoms with Crippen LogP contribution < -0.4 is 5.32 Å². The van der Waals surface area contributed by atoms with E-state index < -0.39 is 0 Å². The van der Waals surface area contributed by atoms with E-state index in [0.29, 0.717) is 12.6 Å². The number of methoxy groups -OCH3 is 1. The van der Waals surface area contributed by atoms with E-state index in [1.54, 1.807) is 7.11 Å². The molecule has 0 saturated heterocycles. The minimum Gasteiger partial charge on any atom is -0.378 e. The first-order valence-electron chi connectivity index (χ1n) is 8.18. The van der Waals surface area contributed by atoms with Crippen LogP contribution >= 0.6 is 11.8 Å². The Labute approximate surface area is 138 Å². The van der Waals surface area contributed by atoms with Crippen molar-refractivity contribution in [2.75, 3.05) is 18.2 Å². The maximum absolute atomic E-state index is 5.25. The molecule has 0 spiro atoms. The van der Waals surface area contributed by atoms with E-state index in [-0.39, 0.29) is 5.41 Å². The lowest BCUT2D eigenvalue weighted by molar-refractivity contribution is 0.181. The topological polar surface area (TPSA) is 47.0 Å². The number of hydrogen-bond acceptors (Lipinski definition) is 5. The third-order valence-corrected chi connectivity index (χ3v) is 5.11. The Morgan fingerprint density at radius 3 is 2.73 bits per heavy atom. The van der Waals surface area contributed by atoms with Crippen LogP contribution in [0.5, 0.6) is 0 Å². The minimum atomic E-state index is -0.0591. The molecule has 1 heterocycles. The van der Waals surface area contributed by atoms with Gasteiger partial charge in [0.05, 0.1) is 12.3 Å². The number of nitrogens with one attached hydrogen (secondary N) is 1. The molecular weight excluding hydrogens is 294 g/mol. The van der Waals surface area contributed by atoms with Crippen molar-refractivity contribution >= 4 is 17.6 Å². The summed E-state index contributed by atoms with van der Waals surface area (Å²) < 4.78 is 5.25. The maximum Gasteiger partial charge on any atom is 0.136 e. The highest BCUT2D eigenvalue weighted by molar-refractivity contribution is 7.99. The summed E-state index contributed by atoms with van der Waals surface area (Å²) >= 11 is 2.08. The van der Waals surface area contributed by atoms with Crippen LogP contribution in [0, 0.1) is 0 Å². The van der Waals surface area contributed by atoms with Gasteiger partial charge >= 0.3 is 0 Å². The molecule has 0 aliphatic heterocycles. The fourth-order valence-electron chi connectivity index (χ4n) is 2.80. The van der Waals surface area contributed by atoms with Gasteiger partial charge in [-0.1, -0.05) is 27.7 Å². The van der Waals surface area contributed by atoms with E-state index in [2.05, 4.69) is 49.8 Å². The molecule has 0 amide bonds. The van der Waals surface area contributed by atoms with Gasteiger partial charge in [-0.2, -0.15) is 11.8 Å². The molecule has 1 saturated carbocycles. The molecule has 2 atom stereocenters. The molecule has 5 heteroatoms. The van der Waals surface area contributed by atoms with Gasteiger partial charge < -0.3 is 10.1 Å². The monoisotopic (exact) mass is 323 g/mol. The summed E-state index contributed by atoms with van der Waals surface area (Å²) in [5.74, 6) is 3.03. The molecule has 22 heavy (non-hydrogen) atoms. The van der Waals surface area contributed by atoms with Crippen LogP contribution in [0.3, 0.4) is 0 Å². The Kier molecular flexibility index (Phi) is 6.09. The summed E-state index contributed by atoms with van der Waals surface area (Å²) in [4.78, 5) is 9.37. The molecule has 1 aliphatic carbocycles. The molecular formula is C17H29N3OS. The van der Waals surface area contributed by atoms with Gasteiger partial charge in [0.25, 0.3) is 0 Å². The van der Waals surface area contributed by atoms with Crippen LogP contribution in [0.15, 0.2) is 6.07 Å². The number of hydrogen-bond donors (Lipinski definition) is 1. The molecule has 1 N–H and O–H groups in total. The molecule has 1 aromatic heterocycles. The van der Waals surface area contributed by atoms with E-state index in [0.717, 1.165) is 22.6 Å². The van der Waals surface area contributed by atoms with Crippen LogP contribution in [0.4, 0.5) is 5.82 Å². The molecule has 124 valence electrons. The average molecular weight is 324 g/mol. The second-order valence-electron chi connectivity index (χ2n) is 6.98. The summed E-state index contributed by atoms with van der Waals surface area (Å²) in [5, 5.41) is 4.42. The number of ether oxygens (including phenoxy) is 1. The van der Waals surface area contributed by atoms with Crippen LogP contribution in [-0.4, -0.2) is 34.1 Å². The Hall–Kier alpha value is -0.810. The van der Waals surface area contributed by atoms with Crippen molar-refractivity contribution in [3.05, 3.63) is 17.6 Å². The smallest absolute Gasteiger partial charge is 0.136 e. The van der Waals surface area contributed by atoms with Crippen molar-refractivity contribution in [2.45, 2.75) is 70.3 Å². The van der Waals surface area contributed by atoms with Gasteiger partial charge in [-0.05, 0) is 25.0 Å². The zero-order valence-electron chi connectivity index (χ0n) is 14.5. The van der Waals surface area contributed by atoms with Gasteiger partial charge in [-0.3, -0.25) is 0 Å². The number of anilines is 1. The number of nitrogens with zero attached hydrogens (tertiary/aromatic N) is 2. The van der Waals surface area contributed by atoms with Crippen LogP contribution in [-0.2, 0) is 16.8 Å². The van der Waals surface area contributed by atoms with Crippen molar-refractivity contribution < 1.29 is 4.74 Å². The third kappa shape index (κ3) is 4.85. The third-order valence-electron chi connectivity index (χ3n) is 3.88. The number of aromatic nitrogens is 2. The van der Waals surface area contributed by atoms with Gasteiger partial charge in [0, 0.05) is 29.9 Å². The summed E-state index contributed by atoms with van der Waals surface area (Å²) in [6.45, 7) is 9.20. The Morgan fingerprint density at radius 1 is 1.32 bits per heavy atom. The fourth-order valence-corrected chi connectivity index (χ4v) is 3.94. The van der Waals surface area contributed by atoms with E-state index >= 15 is 0 Å². The molecule has 2 unspecified atom stereocenters. The van der Waals surface area contributed by atoms with E-state index in [1.165, 1.54) is 25.0 Å². The summed E-state index contributed by atoms with van der Waals surface area (Å²) in [5.41, 5.74) is 0.888. The predicted octanol–water partition coefficient (Wildman–Crippen LogP) is 4.01. The quantitative estimate of drug-likeness (QED) is 0.857. The first kappa shape index (κ1) is 17.5. The Balaban J connectivity index is 2.11. The molecule has 1 fully saturated rings. The van der Waals surface area contributed by atoms with Gasteiger partial charge in [0.1, 0.15) is 11.6 Å². The molecule has 0 bridgehead atoms. The van der Waals surface area contributed by atoms with E-state index in [4.69, 9.17) is 9.72 Å². The van der Waals surface area contributed by atoms with Gasteiger partial charge in [-0.25, -0.2) is 9.97 Å². The average Bonchev–Trinajstić information content (AvgIpc) is 2.85. The standard InChI is InChI=1S/C17H29N3OS/c1-6-22-14-8-7-12(9-14)18-15-10-13(11-21-5)19-16(20-15)17(2,3)4/h10,12,14H,6-9,11H2,1-5H3,(H,18,19,20). The van der Waals surface area contributed by atoms with Crippen LogP contribution in [0.1, 0.15) is 58.5 Å². The van der Waals surface area contributed by atoms with Crippen molar-refractivity contribution in [2.24, 2.45) is 0 Å². The lowest BCUT2D eigenvalue weighted by Gasteiger charge is -2.20. The van der Waals surface area contributed by atoms with Crippen molar-refractivity contribution in [3.63, 3.8) is 0 Å². The zero-order chi connectivity index (χ0) is 16.2. The minimum absolute atomic E-state index is 0.0591. The highest BCUT2D eigenvalue weighted by Crippen LogP contribution is 2.31. The fraction of sp³-hybridized carbons (Fsp3) is 0.765. The molecule has 0 aromatic carbocycles. The summed E-state index contributed by atoms with van der Waals surface area (Å²) in [6.07, 6.45) is 3.76. The summed E-state index contributed by atoms with van der Waals surface area (Å²) in [7, 11) is 1.70. The lowest BCUT2D eigenvalue weighted by Crippen LogP contribution is -2.22. The van der Waals surface area contributed by atoms with Gasteiger partial charge in [-0.15, -0.1) is 0 Å². The van der Waals surface area contributed by atoms with Crippen molar-refractivity contribution in [3.8, 4) is 0 Å². The maximum atomic E-state index is 5.25. The van der Waals surface area contributed by atoms with Crippen molar-refractivity contribution in [1.82, 2.24) is 9.97 Å². The molecule has 1 aromatic rings. The molecule has 2 rings (SSSR count). The largest absolute Gasteiger partial charge is 0.378 e.